The van der Waals surface area contributed by atoms with E-state index in [9.17, 15) is 0 Å². The smallest absolute Gasteiger partial charge is 0.504 e. The summed E-state index contributed by atoms with van der Waals surface area (Å²) < 4.78 is 5.03. The summed E-state index contributed by atoms with van der Waals surface area (Å²) in [7, 11) is -0.286. The summed E-state index contributed by atoms with van der Waals surface area (Å²) in [5, 5.41) is 8.70. The van der Waals surface area contributed by atoms with E-state index in [0.717, 1.165) is 12.0 Å². The molecule has 0 fully saturated rings. The van der Waals surface area contributed by atoms with Crippen LogP contribution < -0.4 is 4.65 Å². The zero-order chi connectivity index (χ0) is 14.2. The second kappa shape index (κ2) is 7.76. The Hall–Kier alpha value is -1.74. The number of unbranched alkanes of at least 4 members (excludes halogenated alkanes) is 2. The summed E-state index contributed by atoms with van der Waals surface area (Å²) in [6.45, 7) is 2.23. The van der Waals surface area contributed by atoms with E-state index in [1.54, 1.807) is 0 Å². The van der Waals surface area contributed by atoms with Gasteiger partial charge in [0.2, 0.25) is 0 Å². The van der Waals surface area contributed by atoms with Crippen LogP contribution in [0.4, 0.5) is 0 Å². The Kier molecular flexibility index (Phi) is 5.69. The van der Waals surface area contributed by atoms with Crippen molar-refractivity contribution in [2.45, 2.75) is 32.6 Å². The first-order chi connectivity index (χ1) is 9.83. The molecule has 2 nitrogen and oxygen atoms in total. The minimum atomic E-state index is -0.286. The number of hydrogen-bond donors (Lipinski definition) is 1. The van der Waals surface area contributed by atoms with Crippen molar-refractivity contribution in [3.8, 4) is 16.9 Å². The molecule has 0 radical (unpaired) electrons. The Morgan fingerprint density at radius 2 is 1.50 bits per heavy atom. The highest BCUT2D eigenvalue weighted by atomic mass is 16.5. The first-order valence-electron chi connectivity index (χ1n) is 7.26. The molecule has 0 aliphatic heterocycles. The van der Waals surface area contributed by atoms with Crippen LogP contribution in [0.25, 0.3) is 11.1 Å². The molecule has 0 aliphatic rings. The lowest BCUT2D eigenvalue weighted by atomic mass is 10.0. The molecule has 0 unspecified atom stereocenters. The molecular formula is C17H21BO2. The highest BCUT2D eigenvalue weighted by Crippen LogP contribution is 2.23. The molecule has 0 aliphatic carbocycles. The fraction of sp³-hybridized carbons (Fsp3) is 0.294. The molecule has 0 bridgehead atoms. The first-order valence-corrected chi connectivity index (χ1v) is 7.26. The molecule has 104 valence electrons. The van der Waals surface area contributed by atoms with Gasteiger partial charge in [0, 0.05) is 0 Å². The second-order valence-corrected chi connectivity index (χ2v) is 4.95. The average Bonchev–Trinajstić information content (AvgIpc) is 2.49. The second-order valence-electron chi connectivity index (χ2n) is 4.95. The number of benzene rings is 2. The summed E-state index contributed by atoms with van der Waals surface area (Å²) >= 11 is 0. The summed E-state index contributed by atoms with van der Waals surface area (Å²) in [6, 6.07) is 16.5. The Morgan fingerprint density at radius 1 is 0.900 bits per heavy atom. The summed E-state index contributed by atoms with van der Waals surface area (Å²) in [5.41, 5.74) is 3.78. The van der Waals surface area contributed by atoms with E-state index in [2.05, 4.69) is 31.2 Å². The molecule has 3 heteroatoms. The zero-order valence-corrected chi connectivity index (χ0v) is 12.0. The molecule has 0 spiro atoms. The van der Waals surface area contributed by atoms with Crippen LogP contribution >= 0.6 is 0 Å². The van der Waals surface area contributed by atoms with Crippen LogP contribution in [0.2, 0.25) is 0 Å². The van der Waals surface area contributed by atoms with Gasteiger partial charge < -0.3 is 9.68 Å². The van der Waals surface area contributed by atoms with Crippen molar-refractivity contribution < 1.29 is 9.68 Å². The SMILES string of the molecule is CCCCCc1ccc(-c2ccc(OBO)cc2)cc1. The number of rotatable bonds is 7. The van der Waals surface area contributed by atoms with Crippen LogP contribution in [-0.4, -0.2) is 12.7 Å². The molecule has 2 aromatic rings. The molecule has 0 amide bonds. The van der Waals surface area contributed by atoms with Crippen LogP contribution in [0.1, 0.15) is 31.7 Å². The summed E-state index contributed by atoms with van der Waals surface area (Å²) in [5.74, 6) is 0.687. The predicted molar refractivity (Wildman–Crippen MR) is 85.1 cm³/mol. The van der Waals surface area contributed by atoms with Crippen molar-refractivity contribution >= 4 is 7.69 Å². The molecule has 0 aromatic heterocycles. The van der Waals surface area contributed by atoms with Gasteiger partial charge in [-0.05, 0) is 41.7 Å². The van der Waals surface area contributed by atoms with Gasteiger partial charge >= 0.3 is 7.69 Å². The summed E-state index contributed by atoms with van der Waals surface area (Å²) in [4.78, 5) is 0. The van der Waals surface area contributed by atoms with Crippen LogP contribution in [0.3, 0.4) is 0 Å². The van der Waals surface area contributed by atoms with Gasteiger partial charge in [-0.15, -0.1) is 0 Å². The van der Waals surface area contributed by atoms with Gasteiger partial charge in [-0.3, -0.25) is 0 Å². The lowest BCUT2D eigenvalue weighted by Crippen LogP contribution is -1.99. The maximum atomic E-state index is 8.70. The van der Waals surface area contributed by atoms with Crippen molar-refractivity contribution in [2.24, 2.45) is 0 Å². The monoisotopic (exact) mass is 268 g/mol. The first kappa shape index (κ1) is 14.7. The standard InChI is InChI=1S/C17H21BO2/c1-2-3-4-5-14-6-8-15(9-7-14)16-10-12-17(13-11-16)20-18-19/h6-13,18-19H,2-5H2,1H3. The van der Waals surface area contributed by atoms with Gasteiger partial charge in [-0.1, -0.05) is 56.2 Å². The molecular weight excluding hydrogens is 247 g/mol. The quantitative estimate of drug-likeness (QED) is 0.612. The Bertz CT molecular complexity index is 506. The van der Waals surface area contributed by atoms with Gasteiger partial charge in [-0.25, -0.2) is 0 Å². The highest BCUT2D eigenvalue weighted by Gasteiger charge is 2.00. The zero-order valence-electron chi connectivity index (χ0n) is 12.0. The normalized spacial score (nSPS) is 10.3. The molecule has 0 atom stereocenters. The number of hydrogen-bond acceptors (Lipinski definition) is 2. The molecule has 0 saturated heterocycles. The third-order valence-electron chi connectivity index (χ3n) is 3.44. The maximum absolute atomic E-state index is 8.70. The third-order valence-corrected chi connectivity index (χ3v) is 3.44. The van der Waals surface area contributed by atoms with Gasteiger partial charge in [0.05, 0.1) is 0 Å². The third kappa shape index (κ3) is 4.14. The number of aryl methyl sites for hydroxylation is 1. The molecule has 2 rings (SSSR count). The van der Waals surface area contributed by atoms with Crippen molar-refractivity contribution in [1.29, 1.82) is 0 Å². The topological polar surface area (TPSA) is 29.5 Å². The minimum absolute atomic E-state index is 0.286. The lowest BCUT2D eigenvalue weighted by Gasteiger charge is -2.06. The predicted octanol–water partition coefficient (Wildman–Crippen LogP) is 3.72. The van der Waals surface area contributed by atoms with Crippen LogP contribution in [0.15, 0.2) is 48.5 Å². The van der Waals surface area contributed by atoms with E-state index < -0.39 is 0 Å². The van der Waals surface area contributed by atoms with Crippen molar-refractivity contribution in [1.82, 2.24) is 0 Å². The Morgan fingerprint density at radius 3 is 2.05 bits per heavy atom. The lowest BCUT2D eigenvalue weighted by molar-refractivity contribution is 0.454. The van der Waals surface area contributed by atoms with E-state index in [1.807, 2.05) is 24.3 Å². The Labute approximate surface area is 121 Å². The van der Waals surface area contributed by atoms with Gasteiger partial charge in [0.15, 0.2) is 0 Å². The van der Waals surface area contributed by atoms with E-state index in [4.69, 9.17) is 9.68 Å². The minimum Gasteiger partial charge on any atom is -0.539 e. The van der Waals surface area contributed by atoms with E-state index in [1.165, 1.54) is 30.4 Å². The fourth-order valence-electron chi connectivity index (χ4n) is 2.26. The van der Waals surface area contributed by atoms with E-state index in [0.29, 0.717) is 5.75 Å². The molecule has 1 N–H and O–H groups in total. The molecule has 20 heavy (non-hydrogen) atoms. The summed E-state index contributed by atoms with van der Waals surface area (Å²) in [6.07, 6.45) is 4.99. The van der Waals surface area contributed by atoms with Crippen LogP contribution in [0.5, 0.6) is 5.75 Å². The molecule has 0 saturated carbocycles. The van der Waals surface area contributed by atoms with Crippen molar-refractivity contribution in [3.05, 3.63) is 54.1 Å². The van der Waals surface area contributed by atoms with E-state index >= 15 is 0 Å². The molecule has 0 heterocycles. The van der Waals surface area contributed by atoms with Gasteiger partial charge in [0.1, 0.15) is 5.75 Å². The highest BCUT2D eigenvalue weighted by molar-refractivity contribution is 6.17. The fourth-order valence-corrected chi connectivity index (χ4v) is 2.26. The van der Waals surface area contributed by atoms with Crippen LogP contribution in [-0.2, 0) is 6.42 Å². The van der Waals surface area contributed by atoms with Crippen molar-refractivity contribution in [3.63, 3.8) is 0 Å². The van der Waals surface area contributed by atoms with E-state index in [-0.39, 0.29) is 7.69 Å². The van der Waals surface area contributed by atoms with Crippen LogP contribution in [0, 0.1) is 0 Å². The Balaban J connectivity index is 2.01. The molecule has 2 aromatic carbocycles. The average molecular weight is 268 g/mol. The van der Waals surface area contributed by atoms with Gasteiger partial charge in [-0.2, -0.15) is 0 Å². The largest absolute Gasteiger partial charge is 0.539 e. The van der Waals surface area contributed by atoms with Crippen molar-refractivity contribution in [2.75, 3.05) is 0 Å². The maximum Gasteiger partial charge on any atom is 0.504 e. The van der Waals surface area contributed by atoms with Gasteiger partial charge in [0.25, 0.3) is 0 Å².